The smallest absolute Gasteiger partial charge is 0.0550 e. The second-order valence-corrected chi connectivity index (χ2v) is 4.04. The summed E-state index contributed by atoms with van der Waals surface area (Å²) in [5, 5.41) is 0. The molecule has 0 aliphatic carbocycles. The number of hydrogen-bond acceptors (Lipinski definition) is 1. The van der Waals surface area contributed by atoms with Crippen LogP contribution >= 0.6 is 0 Å². The van der Waals surface area contributed by atoms with Gasteiger partial charge in [-0.05, 0) is 26.7 Å². The fraction of sp³-hybridized carbons (Fsp3) is 1.00. The van der Waals surface area contributed by atoms with E-state index in [4.69, 9.17) is 4.74 Å². The van der Waals surface area contributed by atoms with Crippen molar-refractivity contribution in [1.29, 1.82) is 0 Å². The molecular formula is C12H26O. The second-order valence-electron chi connectivity index (χ2n) is 4.04. The van der Waals surface area contributed by atoms with E-state index in [1.54, 1.807) is 0 Å². The number of rotatable bonds is 8. The van der Waals surface area contributed by atoms with Gasteiger partial charge in [-0.25, -0.2) is 0 Å². The van der Waals surface area contributed by atoms with E-state index in [9.17, 15) is 0 Å². The molecule has 80 valence electrons. The van der Waals surface area contributed by atoms with Crippen LogP contribution in [0.4, 0.5) is 0 Å². The van der Waals surface area contributed by atoms with Crippen molar-refractivity contribution < 1.29 is 4.74 Å². The zero-order valence-corrected chi connectivity index (χ0v) is 9.81. The summed E-state index contributed by atoms with van der Waals surface area (Å²) in [6, 6.07) is 0. The van der Waals surface area contributed by atoms with Gasteiger partial charge in [-0.1, -0.05) is 39.5 Å². The first kappa shape index (κ1) is 13.0. The molecule has 0 saturated heterocycles. The Bertz CT molecular complexity index is 89.3. The molecule has 0 heterocycles. The highest BCUT2D eigenvalue weighted by atomic mass is 16.5. The minimum atomic E-state index is 0.451. The molecule has 1 heteroatoms. The van der Waals surface area contributed by atoms with Crippen LogP contribution in [0.25, 0.3) is 0 Å². The molecule has 0 rings (SSSR count). The van der Waals surface area contributed by atoms with Gasteiger partial charge in [0.15, 0.2) is 0 Å². The molecule has 0 radical (unpaired) electrons. The molecule has 0 amide bonds. The largest absolute Gasteiger partial charge is 0.376 e. The van der Waals surface area contributed by atoms with E-state index in [1.165, 1.54) is 38.5 Å². The molecule has 13 heavy (non-hydrogen) atoms. The second kappa shape index (κ2) is 8.55. The lowest BCUT2D eigenvalue weighted by atomic mass is 10.1. The summed E-state index contributed by atoms with van der Waals surface area (Å²) >= 11 is 0. The lowest BCUT2D eigenvalue weighted by molar-refractivity contribution is -0.00188. The van der Waals surface area contributed by atoms with Crippen LogP contribution in [0.5, 0.6) is 0 Å². The van der Waals surface area contributed by atoms with Gasteiger partial charge in [0.05, 0.1) is 12.2 Å². The fourth-order valence-corrected chi connectivity index (χ4v) is 1.52. The van der Waals surface area contributed by atoms with Crippen molar-refractivity contribution in [2.75, 3.05) is 0 Å². The molecular weight excluding hydrogens is 160 g/mol. The van der Waals surface area contributed by atoms with Gasteiger partial charge in [-0.2, -0.15) is 0 Å². The Hall–Kier alpha value is -0.0400. The first-order valence-corrected chi connectivity index (χ1v) is 5.86. The SMILES string of the molecule is CCCC[C@H](C)O[C@@H](C)CCCC. The van der Waals surface area contributed by atoms with E-state index in [2.05, 4.69) is 27.7 Å². The summed E-state index contributed by atoms with van der Waals surface area (Å²) < 4.78 is 5.85. The van der Waals surface area contributed by atoms with Crippen molar-refractivity contribution in [2.45, 2.75) is 78.4 Å². The Kier molecular flexibility index (Phi) is 8.53. The van der Waals surface area contributed by atoms with Gasteiger partial charge < -0.3 is 4.74 Å². The predicted molar refractivity (Wildman–Crippen MR) is 59.1 cm³/mol. The van der Waals surface area contributed by atoms with Gasteiger partial charge in [0, 0.05) is 0 Å². The minimum Gasteiger partial charge on any atom is -0.376 e. The van der Waals surface area contributed by atoms with Crippen molar-refractivity contribution in [3.63, 3.8) is 0 Å². The molecule has 0 aliphatic rings. The summed E-state index contributed by atoms with van der Waals surface area (Å²) in [6.45, 7) is 8.84. The van der Waals surface area contributed by atoms with E-state index in [0.29, 0.717) is 12.2 Å². The van der Waals surface area contributed by atoms with Gasteiger partial charge in [0.25, 0.3) is 0 Å². The first-order valence-electron chi connectivity index (χ1n) is 5.86. The maximum Gasteiger partial charge on any atom is 0.0550 e. The summed E-state index contributed by atoms with van der Waals surface area (Å²) in [5.74, 6) is 0. The Balaban J connectivity index is 3.35. The van der Waals surface area contributed by atoms with E-state index in [-0.39, 0.29) is 0 Å². The average molecular weight is 186 g/mol. The maximum atomic E-state index is 5.85. The van der Waals surface area contributed by atoms with Crippen molar-refractivity contribution in [2.24, 2.45) is 0 Å². The third kappa shape index (κ3) is 8.29. The average Bonchev–Trinajstić information content (AvgIpc) is 2.11. The van der Waals surface area contributed by atoms with Crippen LogP contribution in [-0.2, 0) is 4.74 Å². The lowest BCUT2D eigenvalue weighted by Gasteiger charge is -2.18. The topological polar surface area (TPSA) is 9.23 Å². The maximum absolute atomic E-state index is 5.85. The van der Waals surface area contributed by atoms with E-state index in [1.807, 2.05) is 0 Å². The van der Waals surface area contributed by atoms with E-state index < -0.39 is 0 Å². The Morgan fingerprint density at radius 1 is 0.846 bits per heavy atom. The molecule has 1 nitrogen and oxygen atoms in total. The highest BCUT2D eigenvalue weighted by Gasteiger charge is 2.07. The Morgan fingerprint density at radius 2 is 1.23 bits per heavy atom. The highest BCUT2D eigenvalue weighted by molar-refractivity contribution is 4.56. The van der Waals surface area contributed by atoms with Crippen LogP contribution in [0, 0.1) is 0 Å². The Morgan fingerprint density at radius 3 is 1.54 bits per heavy atom. The van der Waals surface area contributed by atoms with Crippen molar-refractivity contribution >= 4 is 0 Å². The molecule has 0 aliphatic heterocycles. The number of ether oxygens (including phenoxy) is 1. The molecule has 0 N–H and O–H groups in total. The number of unbranched alkanes of at least 4 members (excludes halogenated alkanes) is 2. The zero-order valence-electron chi connectivity index (χ0n) is 9.81. The summed E-state index contributed by atoms with van der Waals surface area (Å²) in [4.78, 5) is 0. The molecule has 0 aromatic heterocycles. The van der Waals surface area contributed by atoms with Crippen LogP contribution < -0.4 is 0 Å². The third-order valence-corrected chi connectivity index (χ3v) is 2.39. The highest BCUT2D eigenvalue weighted by Crippen LogP contribution is 2.10. The fourth-order valence-electron chi connectivity index (χ4n) is 1.52. The molecule has 0 fully saturated rings. The van der Waals surface area contributed by atoms with Crippen molar-refractivity contribution in [3.05, 3.63) is 0 Å². The van der Waals surface area contributed by atoms with Crippen LogP contribution in [0.2, 0.25) is 0 Å². The normalized spacial score (nSPS) is 15.7. The van der Waals surface area contributed by atoms with Crippen molar-refractivity contribution in [1.82, 2.24) is 0 Å². The minimum absolute atomic E-state index is 0.451. The monoisotopic (exact) mass is 186 g/mol. The van der Waals surface area contributed by atoms with Gasteiger partial charge in [-0.15, -0.1) is 0 Å². The van der Waals surface area contributed by atoms with Crippen LogP contribution in [0.1, 0.15) is 66.2 Å². The van der Waals surface area contributed by atoms with Crippen LogP contribution in [0.3, 0.4) is 0 Å². The molecule has 0 aromatic rings. The number of hydrogen-bond donors (Lipinski definition) is 0. The zero-order chi connectivity index (χ0) is 10.1. The van der Waals surface area contributed by atoms with Gasteiger partial charge >= 0.3 is 0 Å². The standard InChI is InChI=1S/C12H26O/c1-5-7-9-11(3)13-12(4)10-8-6-2/h11-12H,5-10H2,1-4H3/t11-,12-/m0/s1. The predicted octanol–water partition coefficient (Wildman–Crippen LogP) is 4.16. The molecule has 0 spiro atoms. The molecule has 0 aromatic carbocycles. The molecule has 0 saturated carbocycles. The third-order valence-electron chi connectivity index (χ3n) is 2.39. The van der Waals surface area contributed by atoms with E-state index in [0.717, 1.165) is 0 Å². The lowest BCUT2D eigenvalue weighted by Crippen LogP contribution is -2.16. The summed E-state index contributed by atoms with van der Waals surface area (Å²) in [6.07, 6.45) is 8.47. The molecule has 0 bridgehead atoms. The van der Waals surface area contributed by atoms with Crippen molar-refractivity contribution in [3.8, 4) is 0 Å². The molecule has 2 atom stereocenters. The molecule has 0 unspecified atom stereocenters. The quantitative estimate of drug-likeness (QED) is 0.553. The van der Waals surface area contributed by atoms with Gasteiger partial charge in [0.2, 0.25) is 0 Å². The van der Waals surface area contributed by atoms with Crippen LogP contribution in [0.15, 0.2) is 0 Å². The summed E-state index contributed by atoms with van der Waals surface area (Å²) in [5.41, 5.74) is 0. The first-order chi connectivity index (χ1) is 6.20. The van der Waals surface area contributed by atoms with Gasteiger partial charge in [0.1, 0.15) is 0 Å². The summed E-state index contributed by atoms with van der Waals surface area (Å²) in [7, 11) is 0. The Labute approximate surface area is 83.9 Å². The van der Waals surface area contributed by atoms with E-state index >= 15 is 0 Å². The van der Waals surface area contributed by atoms with Gasteiger partial charge in [-0.3, -0.25) is 0 Å². The van der Waals surface area contributed by atoms with Crippen LogP contribution in [-0.4, -0.2) is 12.2 Å².